The lowest BCUT2D eigenvalue weighted by Crippen LogP contribution is -2.27. The number of amides is 2. The molecule has 0 aliphatic carbocycles. The van der Waals surface area contributed by atoms with Gasteiger partial charge in [-0.1, -0.05) is 11.6 Å². The topological polar surface area (TPSA) is 93.2 Å². The van der Waals surface area contributed by atoms with E-state index in [0.717, 1.165) is 0 Å². The molecule has 1 unspecified atom stereocenters. The van der Waals surface area contributed by atoms with E-state index in [1.165, 1.54) is 0 Å². The Balaban J connectivity index is 1.81. The van der Waals surface area contributed by atoms with Crippen LogP contribution in [-0.4, -0.2) is 27.6 Å². The molecule has 2 amide bonds. The zero-order chi connectivity index (χ0) is 23.3. The molecule has 3 rings (SSSR count). The number of pyridine rings is 2. The number of benzene rings is 1. The van der Waals surface area contributed by atoms with Gasteiger partial charge in [-0.25, -0.2) is 9.78 Å². The van der Waals surface area contributed by atoms with E-state index in [0.29, 0.717) is 33.3 Å². The summed E-state index contributed by atoms with van der Waals surface area (Å²) in [6, 6.07) is 13.6. The Morgan fingerprint density at radius 1 is 1.03 bits per heavy atom. The van der Waals surface area contributed by atoms with E-state index in [9.17, 15) is 9.59 Å². The summed E-state index contributed by atoms with van der Waals surface area (Å²) in [4.78, 5) is 33.5. The van der Waals surface area contributed by atoms with E-state index in [1.807, 2.05) is 0 Å². The van der Waals surface area contributed by atoms with Gasteiger partial charge in [0.2, 0.25) is 0 Å². The number of carbonyl (C=O) groups excluding carboxylic acids is 2. The third-order valence-corrected chi connectivity index (χ3v) is 4.97. The summed E-state index contributed by atoms with van der Waals surface area (Å²) in [7, 11) is 0. The van der Waals surface area contributed by atoms with Crippen LogP contribution in [0.3, 0.4) is 0 Å². The molecular weight excluding hydrogens is 448 g/mol. The number of anilines is 2. The third-order valence-electron chi connectivity index (χ3n) is 4.17. The molecule has 166 valence electrons. The predicted molar refractivity (Wildman–Crippen MR) is 129 cm³/mol. The minimum absolute atomic E-state index is 0.305. The summed E-state index contributed by atoms with van der Waals surface area (Å²) in [5, 5.41) is 5.48. The molecule has 0 fully saturated rings. The van der Waals surface area contributed by atoms with Crippen molar-refractivity contribution in [1.82, 2.24) is 9.97 Å². The van der Waals surface area contributed by atoms with Crippen molar-refractivity contribution in [3.8, 4) is 0 Å². The first-order chi connectivity index (χ1) is 15.1. The quantitative estimate of drug-likeness (QED) is 0.413. The molecule has 9 heteroatoms. The molecule has 0 radical (unpaired) electrons. The highest BCUT2D eigenvalue weighted by molar-refractivity contribution is 7.80. The van der Waals surface area contributed by atoms with Crippen LogP contribution < -0.4 is 10.6 Å². The van der Waals surface area contributed by atoms with E-state index in [-0.39, 0.29) is 5.91 Å². The average Bonchev–Trinajstić information content (AvgIpc) is 2.73. The predicted octanol–water partition coefficient (Wildman–Crippen LogP) is 5.75. The van der Waals surface area contributed by atoms with Gasteiger partial charge in [-0.15, -0.1) is 0 Å². The molecule has 2 heterocycles. The SMILES string of the molecule is CC(C)(C)OC(=O)Nc1cc(C(S)c2ncccc2C(=O)Nc2ccc(Cl)cc2)ccn1. The number of nitrogens with zero attached hydrogens (tertiary/aromatic N) is 2. The Kier molecular flexibility index (Phi) is 7.37. The van der Waals surface area contributed by atoms with E-state index < -0.39 is 16.9 Å². The highest BCUT2D eigenvalue weighted by Gasteiger charge is 2.21. The van der Waals surface area contributed by atoms with Crippen molar-refractivity contribution in [3.63, 3.8) is 0 Å². The number of halogens is 1. The average molecular weight is 471 g/mol. The van der Waals surface area contributed by atoms with Crippen molar-refractivity contribution in [2.45, 2.75) is 31.6 Å². The van der Waals surface area contributed by atoms with Crippen LogP contribution in [0.15, 0.2) is 60.9 Å². The standard InChI is InChI=1S/C23H23ClN4O3S/c1-23(2,3)31-22(30)28-18-13-14(10-12-25-18)20(32)19-17(5-4-11-26-19)21(29)27-16-8-6-15(24)7-9-16/h4-13,20,32H,1-3H3,(H,27,29)(H,25,28,30). The number of nitrogens with one attached hydrogen (secondary N) is 2. The Morgan fingerprint density at radius 3 is 2.44 bits per heavy atom. The maximum Gasteiger partial charge on any atom is 0.413 e. The van der Waals surface area contributed by atoms with Crippen molar-refractivity contribution in [2.24, 2.45) is 0 Å². The Hall–Kier alpha value is -3.10. The first-order valence-electron chi connectivity index (χ1n) is 9.78. The second-order valence-electron chi connectivity index (χ2n) is 7.90. The second-order valence-corrected chi connectivity index (χ2v) is 8.85. The molecule has 0 bridgehead atoms. The number of aromatic nitrogens is 2. The smallest absolute Gasteiger partial charge is 0.413 e. The minimum Gasteiger partial charge on any atom is -0.444 e. The van der Waals surface area contributed by atoms with Crippen molar-refractivity contribution in [3.05, 3.63) is 82.8 Å². The largest absolute Gasteiger partial charge is 0.444 e. The number of carbonyl (C=O) groups is 2. The highest BCUT2D eigenvalue weighted by Crippen LogP contribution is 2.30. The van der Waals surface area contributed by atoms with E-state index in [1.54, 1.807) is 81.7 Å². The van der Waals surface area contributed by atoms with E-state index in [4.69, 9.17) is 16.3 Å². The Morgan fingerprint density at radius 2 is 1.75 bits per heavy atom. The molecule has 2 aromatic heterocycles. The Labute approximate surface area is 197 Å². The molecule has 0 aliphatic rings. The normalized spacial score (nSPS) is 12.0. The van der Waals surface area contributed by atoms with Crippen LogP contribution in [-0.2, 0) is 4.74 Å². The molecule has 32 heavy (non-hydrogen) atoms. The summed E-state index contributed by atoms with van der Waals surface area (Å²) < 4.78 is 5.26. The number of hydrogen-bond acceptors (Lipinski definition) is 6. The van der Waals surface area contributed by atoms with Gasteiger partial charge in [0, 0.05) is 23.1 Å². The maximum atomic E-state index is 12.9. The zero-order valence-corrected chi connectivity index (χ0v) is 19.4. The van der Waals surface area contributed by atoms with Gasteiger partial charge in [0.1, 0.15) is 11.4 Å². The van der Waals surface area contributed by atoms with Crippen LogP contribution in [0, 0.1) is 0 Å². The fourth-order valence-corrected chi connectivity index (χ4v) is 3.30. The molecule has 1 atom stereocenters. The van der Waals surface area contributed by atoms with Crippen molar-refractivity contribution in [2.75, 3.05) is 10.6 Å². The first-order valence-corrected chi connectivity index (χ1v) is 10.7. The molecule has 0 saturated heterocycles. The zero-order valence-electron chi connectivity index (χ0n) is 17.8. The van der Waals surface area contributed by atoms with E-state index in [2.05, 4.69) is 33.2 Å². The minimum atomic E-state index is -0.631. The van der Waals surface area contributed by atoms with Crippen LogP contribution in [0.2, 0.25) is 5.02 Å². The summed E-state index contributed by atoms with van der Waals surface area (Å²) in [6.45, 7) is 5.33. The monoisotopic (exact) mass is 470 g/mol. The van der Waals surface area contributed by atoms with Gasteiger partial charge in [0.15, 0.2) is 0 Å². The lowest BCUT2D eigenvalue weighted by Gasteiger charge is -2.20. The number of rotatable bonds is 5. The fraction of sp³-hybridized carbons (Fsp3) is 0.217. The van der Waals surface area contributed by atoms with Gasteiger partial charge >= 0.3 is 6.09 Å². The van der Waals surface area contributed by atoms with Gasteiger partial charge in [-0.05, 0) is 74.9 Å². The summed E-state index contributed by atoms with van der Waals surface area (Å²) >= 11 is 10.6. The van der Waals surface area contributed by atoms with Gasteiger partial charge in [0.05, 0.1) is 16.5 Å². The summed E-state index contributed by atoms with van der Waals surface area (Å²) in [5.74, 6) is -0.0190. The molecule has 0 aliphatic heterocycles. The van der Waals surface area contributed by atoms with Crippen LogP contribution in [0.4, 0.5) is 16.3 Å². The molecule has 0 saturated carbocycles. The highest BCUT2D eigenvalue weighted by atomic mass is 35.5. The third kappa shape index (κ3) is 6.45. The maximum absolute atomic E-state index is 12.9. The molecule has 7 nitrogen and oxygen atoms in total. The van der Waals surface area contributed by atoms with Crippen LogP contribution in [0.25, 0.3) is 0 Å². The molecular formula is C23H23ClN4O3S. The van der Waals surface area contributed by atoms with Gasteiger partial charge in [-0.2, -0.15) is 12.6 Å². The Bertz CT molecular complexity index is 1120. The number of thiol groups is 1. The van der Waals surface area contributed by atoms with Crippen LogP contribution >= 0.6 is 24.2 Å². The van der Waals surface area contributed by atoms with Crippen LogP contribution in [0.5, 0.6) is 0 Å². The number of hydrogen-bond donors (Lipinski definition) is 3. The lowest BCUT2D eigenvalue weighted by atomic mass is 10.0. The second kappa shape index (κ2) is 10.0. The molecule has 3 aromatic rings. The fourth-order valence-electron chi connectivity index (χ4n) is 2.81. The van der Waals surface area contributed by atoms with Gasteiger partial charge in [-0.3, -0.25) is 15.1 Å². The van der Waals surface area contributed by atoms with E-state index >= 15 is 0 Å². The van der Waals surface area contributed by atoms with Crippen molar-refractivity contribution in [1.29, 1.82) is 0 Å². The summed E-state index contributed by atoms with van der Waals surface area (Å²) in [5.41, 5.74) is 1.53. The molecule has 2 N–H and O–H groups in total. The van der Waals surface area contributed by atoms with Gasteiger partial charge in [0.25, 0.3) is 5.91 Å². The van der Waals surface area contributed by atoms with Crippen molar-refractivity contribution >= 4 is 47.7 Å². The summed E-state index contributed by atoms with van der Waals surface area (Å²) in [6.07, 6.45) is 2.53. The van der Waals surface area contributed by atoms with Gasteiger partial charge < -0.3 is 10.1 Å². The molecule has 1 aromatic carbocycles. The number of ether oxygens (including phenoxy) is 1. The van der Waals surface area contributed by atoms with Crippen LogP contribution in [0.1, 0.15) is 47.6 Å². The first kappa shape index (κ1) is 23.6. The molecule has 0 spiro atoms. The van der Waals surface area contributed by atoms with Crippen molar-refractivity contribution < 1.29 is 14.3 Å². The lowest BCUT2D eigenvalue weighted by molar-refractivity contribution is 0.0635.